The molecule has 2 N–H and O–H groups in total. The third kappa shape index (κ3) is 5.38. The van der Waals surface area contributed by atoms with Crippen LogP contribution >= 0.6 is 11.8 Å². The van der Waals surface area contributed by atoms with Crippen LogP contribution in [0.3, 0.4) is 0 Å². The van der Waals surface area contributed by atoms with Crippen molar-refractivity contribution in [1.82, 2.24) is 14.9 Å². The molecule has 178 valence electrons. The molecular formula is C25H20F2N4O3S. The molecule has 0 saturated carbocycles. The highest BCUT2D eigenvalue weighted by Gasteiger charge is 2.18. The van der Waals surface area contributed by atoms with E-state index < -0.39 is 23.1 Å². The number of hydrogen-bond donors (Lipinski definition) is 2. The normalized spacial score (nSPS) is 10.8. The number of carbonyl (C=O) groups excluding carboxylic acids is 2. The van der Waals surface area contributed by atoms with Crippen LogP contribution in [0.2, 0.25) is 0 Å². The number of amides is 2. The van der Waals surface area contributed by atoms with E-state index in [1.165, 1.54) is 0 Å². The first kappa shape index (κ1) is 24.1. The number of hydrogen-bond acceptors (Lipinski definition) is 5. The molecule has 0 aliphatic rings. The molecule has 0 unspecified atom stereocenters. The number of thioether (sulfide) groups is 1. The third-order valence-electron chi connectivity index (χ3n) is 4.97. The molecule has 3 aromatic carbocycles. The molecule has 0 saturated heterocycles. The van der Waals surface area contributed by atoms with Gasteiger partial charge in [-0.15, -0.1) is 0 Å². The SMILES string of the molecule is CCNC(=O)c1cccc(NC(=O)CSc2nc3ccccc3c(=O)n2-c2ccc(F)cc2F)c1. The Bertz CT molecular complexity index is 1490. The Balaban J connectivity index is 1.62. The van der Waals surface area contributed by atoms with Crippen molar-refractivity contribution >= 4 is 40.2 Å². The third-order valence-corrected chi connectivity index (χ3v) is 5.91. The molecule has 0 aliphatic heterocycles. The second-order valence-corrected chi connectivity index (χ2v) is 8.37. The van der Waals surface area contributed by atoms with Gasteiger partial charge in [-0.2, -0.15) is 0 Å². The van der Waals surface area contributed by atoms with Gasteiger partial charge in [-0.05, 0) is 49.4 Å². The number of para-hydroxylation sites is 1. The van der Waals surface area contributed by atoms with Crippen molar-refractivity contribution in [1.29, 1.82) is 0 Å². The minimum absolute atomic E-state index is 0.0745. The van der Waals surface area contributed by atoms with E-state index in [0.29, 0.717) is 29.4 Å². The summed E-state index contributed by atoms with van der Waals surface area (Å²) in [6, 6.07) is 15.9. The summed E-state index contributed by atoms with van der Waals surface area (Å²) in [4.78, 5) is 42.3. The van der Waals surface area contributed by atoms with E-state index in [4.69, 9.17) is 0 Å². The first-order valence-electron chi connectivity index (χ1n) is 10.7. The van der Waals surface area contributed by atoms with Crippen molar-refractivity contribution in [3.8, 4) is 5.69 Å². The lowest BCUT2D eigenvalue weighted by Gasteiger charge is -2.14. The van der Waals surface area contributed by atoms with Gasteiger partial charge in [0.1, 0.15) is 11.6 Å². The van der Waals surface area contributed by atoms with Crippen molar-refractivity contribution in [2.24, 2.45) is 0 Å². The number of nitrogens with one attached hydrogen (secondary N) is 2. The molecule has 4 aromatic rings. The predicted molar refractivity (Wildman–Crippen MR) is 131 cm³/mol. The standard InChI is InChI=1S/C25H20F2N4O3S/c1-2-28-23(33)15-6-5-7-17(12-15)29-22(32)14-35-25-30-20-9-4-3-8-18(20)24(34)31(25)21-11-10-16(26)13-19(21)27/h3-13H,2,14H2,1H3,(H,28,33)(H,29,32). The van der Waals surface area contributed by atoms with Gasteiger partial charge < -0.3 is 10.6 Å². The predicted octanol–water partition coefficient (Wildman–Crippen LogP) is 4.14. The van der Waals surface area contributed by atoms with Gasteiger partial charge in [-0.25, -0.2) is 13.8 Å². The molecule has 10 heteroatoms. The van der Waals surface area contributed by atoms with Crippen LogP contribution in [-0.4, -0.2) is 33.7 Å². The smallest absolute Gasteiger partial charge is 0.266 e. The Morgan fingerprint density at radius 3 is 2.60 bits per heavy atom. The maximum Gasteiger partial charge on any atom is 0.266 e. The summed E-state index contributed by atoms with van der Waals surface area (Å²) >= 11 is 0.930. The quantitative estimate of drug-likeness (QED) is 0.298. The second kappa shape index (κ2) is 10.5. The van der Waals surface area contributed by atoms with Gasteiger partial charge in [0, 0.05) is 23.9 Å². The zero-order valence-electron chi connectivity index (χ0n) is 18.5. The molecule has 0 aliphatic carbocycles. The lowest BCUT2D eigenvalue weighted by atomic mass is 10.2. The van der Waals surface area contributed by atoms with E-state index in [9.17, 15) is 23.2 Å². The van der Waals surface area contributed by atoms with Gasteiger partial charge in [0.15, 0.2) is 5.16 Å². The molecule has 1 aromatic heterocycles. The Morgan fingerprint density at radius 1 is 1.03 bits per heavy atom. The summed E-state index contributed by atoms with van der Waals surface area (Å²) in [5.74, 6) is -2.55. The van der Waals surface area contributed by atoms with Gasteiger partial charge in [0.2, 0.25) is 5.91 Å². The average Bonchev–Trinajstić information content (AvgIpc) is 2.84. The van der Waals surface area contributed by atoms with Gasteiger partial charge >= 0.3 is 0 Å². The number of halogens is 2. The molecular weight excluding hydrogens is 474 g/mol. The van der Waals surface area contributed by atoms with Crippen molar-refractivity contribution in [2.75, 3.05) is 17.6 Å². The largest absolute Gasteiger partial charge is 0.352 e. The molecule has 4 rings (SSSR count). The minimum atomic E-state index is -0.933. The molecule has 0 radical (unpaired) electrons. The maximum atomic E-state index is 14.6. The van der Waals surface area contributed by atoms with Crippen molar-refractivity contribution in [3.05, 3.63) is 94.3 Å². The zero-order chi connectivity index (χ0) is 24.9. The van der Waals surface area contributed by atoms with Gasteiger partial charge in [0.25, 0.3) is 11.5 Å². The lowest BCUT2D eigenvalue weighted by Crippen LogP contribution is -2.24. The van der Waals surface area contributed by atoms with E-state index in [-0.39, 0.29) is 27.9 Å². The zero-order valence-corrected chi connectivity index (χ0v) is 19.4. The molecule has 1 heterocycles. The fraction of sp³-hybridized carbons (Fsp3) is 0.120. The summed E-state index contributed by atoms with van der Waals surface area (Å²) in [5.41, 5.74) is 0.488. The highest BCUT2D eigenvalue weighted by molar-refractivity contribution is 7.99. The van der Waals surface area contributed by atoms with Crippen molar-refractivity contribution < 1.29 is 18.4 Å². The van der Waals surface area contributed by atoms with Crippen LogP contribution in [0.5, 0.6) is 0 Å². The molecule has 0 fully saturated rings. The van der Waals surface area contributed by atoms with Crippen LogP contribution in [0.4, 0.5) is 14.5 Å². The van der Waals surface area contributed by atoms with Crippen LogP contribution in [0.25, 0.3) is 16.6 Å². The van der Waals surface area contributed by atoms with Crippen LogP contribution in [0.15, 0.2) is 76.7 Å². The summed E-state index contributed by atoms with van der Waals surface area (Å²) < 4.78 is 29.1. The maximum absolute atomic E-state index is 14.6. The van der Waals surface area contributed by atoms with E-state index >= 15 is 0 Å². The number of anilines is 1. The first-order valence-corrected chi connectivity index (χ1v) is 11.6. The van der Waals surface area contributed by atoms with E-state index in [1.54, 1.807) is 55.5 Å². The number of fused-ring (bicyclic) bond motifs is 1. The highest BCUT2D eigenvalue weighted by atomic mass is 32.2. The summed E-state index contributed by atoms with van der Waals surface area (Å²) in [6.45, 7) is 2.28. The second-order valence-electron chi connectivity index (χ2n) is 7.42. The number of aromatic nitrogens is 2. The minimum Gasteiger partial charge on any atom is -0.352 e. The van der Waals surface area contributed by atoms with Crippen molar-refractivity contribution in [2.45, 2.75) is 12.1 Å². The van der Waals surface area contributed by atoms with Gasteiger partial charge in [0.05, 0.1) is 22.3 Å². The number of nitrogens with zero attached hydrogens (tertiary/aromatic N) is 2. The van der Waals surface area contributed by atoms with E-state index in [1.807, 2.05) is 0 Å². The Labute approximate surface area is 203 Å². The van der Waals surface area contributed by atoms with E-state index in [2.05, 4.69) is 15.6 Å². The van der Waals surface area contributed by atoms with Gasteiger partial charge in [-0.3, -0.25) is 19.0 Å². The van der Waals surface area contributed by atoms with Crippen molar-refractivity contribution in [3.63, 3.8) is 0 Å². The molecule has 7 nitrogen and oxygen atoms in total. The van der Waals surface area contributed by atoms with Crippen LogP contribution in [0, 0.1) is 11.6 Å². The van der Waals surface area contributed by atoms with E-state index in [0.717, 1.165) is 28.5 Å². The van der Waals surface area contributed by atoms with Crippen LogP contribution in [0.1, 0.15) is 17.3 Å². The Kier molecular flexibility index (Phi) is 7.21. The monoisotopic (exact) mass is 494 g/mol. The Morgan fingerprint density at radius 2 is 1.83 bits per heavy atom. The molecule has 35 heavy (non-hydrogen) atoms. The van der Waals surface area contributed by atoms with Crippen LogP contribution in [-0.2, 0) is 4.79 Å². The van der Waals surface area contributed by atoms with Crippen LogP contribution < -0.4 is 16.2 Å². The number of rotatable bonds is 7. The molecule has 0 spiro atoms. The first-order chi connectivity index (χ1) is 16.9. The average molecular weight is 495 g/mol. The molecule has 0 bridgehead atoms. The fourth-order valence-corrected chi connectivity index (χ4v) is 4.22. The highest BCUT2D eigenvalue weighted by Crippen LogP contribution is 2.24. The number of carbonyl (C=O) groups is 2. The molecule has 2 amide bonds. The summed E-state index contributed by atoms with van der Waals surface area (Å²) in [6.07, 6.45) is 0. The summed E-state index contributed by atoms with van der Waals surface area (Å²) in [5, 5.41) is 5.72. The lowest BCUT2D eigenvalue weighted by molar-refractivity contribution is -0.113. The Hall–Kier alpha value is -4.05. The molecule has 0 atom stereocenters. The topological polar surface area (TPSA) is 93.1 Å². The fourth-order valence-electron chi connectivity index (χ4n) is 3.41. The number of benzene rings is 3. The van der Waals surface area contributed by atoms with Gasteiger partial charge in [-0.1, -0.05) is 30.0 Å². The summed E-state index contributed by atoms with van der Waals surface area (Å²) in [7, 11) is 0.